The Morgan fingerprint density at radius 3 is 1.61 bits per heavy atom. The summed E-state index contributed by atoms with van der Waals surface area (Å²) in [6, 6.07) is 23.0. The van der Waals surface area contributed by atoms with Crippen molar-refractivity contribution in [1.82, 2.24) is 4.78 Å². The molecule has 3 rings (SSSR count). The predicted molar refractivity (Wildman–Crippen MR) is 133 cm³/mol. The van der Waals surface area contributed by atoms with Crippen LogP contribution in [-0.4, -0.2) is 25.2 Å². The summed E-state index contributed by atoms with van der Waals surface area (Å²) in [4.78, 5) is 0. The van der Waals surface area contributed by atoms with Crippen LogP contribution in [0.25, 0.3) is 0 Å². The van der Waals surface area contributed by atoms with Crippen LogP contribution in [0.15, 0.2) is 77.9 Å². The number of aryl methyl sites for hydroxylation is 2. The van der Waals surface area contributed by atoms with E-state index in [-0.39, 0.29) is 7.43 Å². The molecule has 3 aromatic rings. The number of nitrogens with zero attached hydrogens (tertiary/aromatic N) is 2. The molecule has 0 N–H and O–H groups in total. The minimum atomic E-state index is -2.99. The van der Waals surface area contributed by atoms with Gasteiger partial charge < -0.3 is 13.8 Å². The summed E-state index contributed by atoms with van der Waals surface area (Å²) in [7, 11) is 3.40. The molecule has 0 aliphatic carbocycles. The van der Waals surface area contributed by atoms with E-state index < -0.39 is 6.64 Å². The van der Waals surface area contributed by atoms with Crippen LogP contribution in [0.1, 0.15) is 24.1 Å². The van der Waals surface area contributed by atoms with E-state index >= 15 is 0 Å². The molecule has 0 fully saturated rings. The maximum atomic E-state index is 6.17. The molecule has 7 heteroatoms. The van der Waals surface area contributed by atoms with Gasteiger partial charge in [-0.2, -0.15) is 5.10 Å². The lowest BCUT2D eigenvalue weighted by Crippen LogP contribution is -2.17. The average molecular weight is 457 g/mol. The van der Waals surface area contributed by atoms with Gasteiger partial charge in [-0.3, -0.25) is 0 Å². The van der Waals surface area contributed by atoms with E-state index in [0.29, 0.717) is 11.5 Å². The SMILES string of the molecule is C.COc1ccc(C=NN(C)P(=S)(Oc2ccc(C)cc2)Oc2ccc(C)cc2)cc1. The van der Waals surface area contributed by atoms with Gasteiger partial charge in [0.15, 0.2) is 0 Å². The van der Waals surface area contributed by atoms with E-state index in [1.165, 1.54) is 0 Å². The highest BCUT2D eigenvalue weighted by Crippen LogP contribution is 2.51. The van der Waals surface area contributed by atoms with Crippen LogP contribution >= 0.6 is 6.64 Å². The lowest BCUT2D eigenvalue weighted by Gasteiger charge is -2.29. The number of hydrogen-bond donors (Lipinski definition) is 0. The van der Waals surface area contributed by atoms with Gasteiger partial charge in [-0.1, -0.05) is 42.8 Å². The van der Waals surface area contributed by atoms with Crippen LogP contribution in [0, 0.1) is 13.8 Å². The minimum Gasteiger partial charge on any atom is -0.497 e. The fourth-order valence-electron chi connectivity index (χ4n) is 2.50. The van der Waals surface area contributed by atoms with Crippen molar-refractivity contribution in [2.45, 2.75) is 21.3 Å². The molecule has 0 saturated carbocycles. The number of hydrogen-bond acceptors (Lipinski definition) is 5. The van der Waals surface area contributed by atoms with Gasteiger partial charge >= 0.3 is 6.64 Å². The summed E-state index contributed by atoms with van der Waals surface area (Å²) in [6.45, 7) is 1.05. The van der Waals surface area contributed by atoms with Gasteiger partial charge in [0.1, 0.15) is 17.2 Å². The van der Waals surface area contributed by atoms with Crippen LogP contribution in [0.4, 0.5) is 0 Å². The third-order valence-electron chi connectivity index (χ3n) is 4.33. The van der Waals surface area contributed by atoms with Crippen molar-refractivity contribution in [2.24, 2.45) is 5.10 Å². The highest BCUT2D eigenvalue weighted by Gasteiger charge is 2.28. The lowest BCUT2D eigenvalue weighted by atomic mass is 10.2. The largest absolute Gasteiger partial charge is 0.497 e. The Bertz CT molecular complexity index is 984. The zero-order valence-corrected chi connectivity index (χ0v) is 19.2. The van der Waals surface area contributed by atoms with Crippen LogP contribution in [0.5, 0.6) is 17.2 Å². The quantitative estimate of drug-likeness (QED) is 0.217. The Labute approximate surface area is 190 Å². The van der Waals surface area contributed by atoms with E-state index in [0.717, 1.165) is 22.4 Å². The van der Waals surface area contributed by atoms with E-state index in [4.69, 9.17) is 25.6 Å². The first kappa shape index (κ1) is 24.4. The predicted octanol–water partition coefficient (Wildman–Crippen LogP) is 6.60. The molecule has 0 saturated heterocycles. The molecule has 0 amide bonds. The van der Waals surface area contributed by atoms with Crippen LogP contribution in [-0.2, 0) is 11.8 Å². The molecule has 0 unspecified atom stereocenters. The normalized spacial score (nSPS) is 11.0. The third-order valence-corrected chi connectivity index (χ3v) is 7.18. The van der Waals surface area contributed by atoms with Crippen LogP contribution in [0.3, 0.4) is 0 Å². The fourth-order valence-corrected chi connectivity index (χ4v) is 4.38. The van der Waals surface area contributed by atoms with Gasteiger partial charge in [-0.05, 0) is 67.9 Å². The lowest BCUT2D eigenvalue weighted by molar-refractivity contribution is 0.396. The fraction of sp³-hybridized carbons (Fsp3) is 0.208. The van der Waals surface area contributed by atoms with Gasteiger partial charge in [-0.25, -0.2) is 4.78 Å². The van der Waals surface area contributed by atoms with Crippen molar-refractivity contribution >= 4 is 24.7 Å². The second-order valence-corrected chi connectivity index (χ2v) is 10.0. The van der Waals surface area contributed by atoms with Gasteiger partial charge in [0.25, 0.3) is 0 Å². The van der Waals surface area contributed by atoms with Crippen molar-refractivity contribution in [3.8, 4) is 17.2 Å². The van der Waals surface area contributed by atoms with E-state index in [9.17, 15) is 0 Å². The second-order valence-electron chi connectivity index (χ2n) is 6.78. The standard InChI is InChI=1S/C23H25N2O3PS.CH4/c1-18-5-11-22(12-6-18)27-29(30,28-23-13-7-19(2)8-14-23)25(3)24-17-20-9-15-21(26-4)16-10-20;/h5-17H,1-4H3;1H4. The van der Waals surface area contributed by atoms with Crippen molar-refractivity contribution in [3.63, 3.8) is 0 Å². The van der Waals surface area contributed by atoms with Crippen molar-refractivity contribution in [1.29, 1.82) is 0 Å². The van der Waals surface area contributed by atoms with Crippen molar-refractivity contribution in [2.75, 3.05) is 14.2 Å². The van der Waals surface area contributed by atoms with E-state index in [1.54, 1.807) is 25.2 Å². The Morgan fingerprint density at radius 1 is 0.774 bits per heavy atom. The maximum absolute atomic E-state index is 6.17. The average Bonchev–Trinajstić information content (AvgIpc) is 2.75. The second kappa shape index (κ2) is 11.0. The van der Waals surface area contributed by atoms with Crippen molar-refractivity contribution < 1.29 is 13.8 Å². The summed E-state index contributed by atoms with van der Waals surface area (Å²) < 4.78 is 19.1. The molecule has 31 heavy (non-hydrogen) atoms. The summed E-state index contributed by atoms with van der Waals surface area (Å²) >= 11 is 5.87. The molecule has 0 radical (unpaired) electrons. The molecule has 5 nitrogen and oxygen atoms in total. The number of ether oxygens (including phenoxy) is 1. The smallest absolute Gasteiger partial charge is 0.410 e. The van der Waals surface area contributed by atoms with E-state index in [1.807, 2.05) is 86.6 Å². The first-order valence-electron chi connectivity index (χ1n) is 9.43. The molecule has 0 spiro atoms. The summed E-state index contributed by atoms with van der Waals surface area (Å²) in [5.41, 5.74) is 3.19. The monoisotopic (exact) mass is 456 g/mol. The summed E-state index contributed by atoms with van der Waals surface area (Å²) in [5.74, 6) is 2.07. The number of rotatable bonds is 8. The Balaban J connectivity index is 0.00000341. The third kappa shape index (κ3) is 6.84. The minimum absolute atomic E-state index is 0. The zero-order chi connectivity index (χ0) is 21.6. The molecular formula is C24H29N2O3PS. The molecule has 0 aliphatic heterocycles. The molecule has 164 valence electrons. The molecule has 3 aromatic carbocycles. The molecule has 0 aliphatic rings. The molecular weight excluding hydrogens is 427 g/mol. The first-order chi connectivity index (χ1) is 14.4. The Hall–Kier alpha value is -2.82. The molecule has 0 heterocycles. The van der Waals surface area contributed by atoms with Crippen LogP contribution < -0.4 is 13.8 Å². The first-order valence-corrected chi connectivity index (χ1v) is 12.0. The van der Waals surface area contributed by atoms with Crippen molar-refractivity contribution in [3.05, 3.63) is 89.5 Å². The molecule has 0 bridgehead atoms. The Kier molecular flexibility index (Phi) is 8.66. The molecule has 0 aromatic heterocycles. The van der Waals surface area contributed by atoms with Crippen LogP contribution in [0.2, 0.25) is 0 Å². The number of benzene rings is 3. The highest BCUT2D eigenvalue weighted by molar-refractivity contribution is 8.09. The molecule has 0 atom stereocenters. The summed E-state index contributed by atoms with van der Waals surface area (Å²) in [5, 5.41) is 4.51. The summed E-state index contributed by atoms with van der Waals surface area (Å²) in [6.07, 6.45) is 1.72. The zero-order valence-electron chi connectivity index (χ0n) is 17.5. The topological polar surface area (TPSA) is 43.3 Å². The number of methoxy groups -OCH3 is 1. The van der Waals surface area contributed by atoms with Gasteiger partial charge in [0.2, 0.25) is 0 Å². The van der Waals surface area contributed by atoms with E-state index in [2.05, 4.69) is 5.10 Å². The van der Waals surface area contributed by atoms with Gasteiger partial charge in [0, 0.05) is 18.9 Å². The maximum Gasteiger partial charge on any atom is 0.410 e. The van der Waals surface area contributed by atoms with Gasteiger partial charge in [-0.15, -0.1) is 0 Å². The Morgan fingerprint density at radius 2 is 1.19 bits per heavy atom. The highest BCUT2D eigenvalue weighted by atomic mass is 32.5. The number of hydrazone groups is 1. The van der Waals surface area contributed by atoms with Gasteiger partial charge in [0.05, 0.1) is 13.3 Å².